The highest BCUT2D eigenvalue weighted by molar-refractivity contribution is 5.70. The molecular weight excluding hydrogens is 226 g/mol. The van der Waals surface area contributed by atoms with Gasteiger partial charge in [0, 0.05) is 0 Å². The summed E-state index contributed by atoms with van der Waals surface area (Å²) in [5.74, 6) is 0. The van der Waals surface area contributed by atoms with E-state index in [2.05, 4.69) is 5.32 Å². The van der Waals surface area contributed by atoms with Gasteiger partial charge in [-0.25, -0.2) is 4.79 Å². The molecule has 1 aliphatic rings. The maximum absolute atomic E-state index is 11.0. The number of benzene rings is 1. The zero-order chi connectivity index (χ0) is 14.1. The van der Waals surface area contributed by atoms with Gasteiger partial charge in [-0.2, -0.15) is 0 Å². The summed E-state index contributed by atoms with van der Waals surface area (Å²) in [6.45, 7) is 12.0. The van der Waals surface area contributed by atoms with Crippen molar-refractivity contribution in [1.29, 1.82) is 0 Å². The summed E-state index contributed by atoms with van der Waals surface area (Å²) in [5, 5.41) is 2.73. The third-order valence-corrected chi connectivity index (χ3v) is 2.53. The molecular formula is C15H25NO2. The number of alkyl carbamates (subject to hydrolysis) is 1. The normalized spacial score (nSPS) is 20.7. The fraction of sp³-hybridized carbons (Fsp3) is 0.533. The third-order valence-electron chi connectivity index (χ3n) is 2.53. The Balaban J connectivity index is 0.000000659. The van der Waals surface area contributed by atoms with Crippen LogP contribution in [0.2, 0.25) is 0 Å². The third kappa shape index (κ3) is 4.06. The quantitative estimate of drug-likeness (QED) is 0.811. The van der Waals surface area contributed by atoms with Gasteiger partial charge in [-0.15, -0.1) is 0 Å². The van der Waals surface area contributed by atoms with E-state index in [4.69, 9.17) is 4.74 Å². The molecule has 1 aromatic carbocycles. The fourth-order valence-corrected chi connectivity index (χ4v) is 1.75. The van der Waals surface area contributed by atoms with Gasteiger partial charge in [0.05, 0.1) is 6.04 Å². The molecule has 0 aliphatic carbocycles. The molecule has 0 saturated carbocycles. The van der Waals surface area contributed by atoms with Crippen LogP contribution in [-0.4, -0.2) is 12.1 Å². The molecule has 1 aromatic rings. The summed E-state index contributed by atoms with van der Waals surface area (Å²) < 4.78 is 5.19. The van der Waals surface area contributed by atoms with Crippen LogP contribution in [0.4, 0.5) is 4.79 Å². The van der Waals surface area contributed by atoms with Gasteiger partial charge in [-0.05, 0) is 25.0 Å². The molecule has 1 aliphatic heterocycles. The molecule has 18 heavy (non-hydrogen) atoms. The van der Waals surface area contributed by atoms with E-state index in [1.54, 1.807) is 0 Å². The summed E-state index contributed by atoms with van der Waals surface area (Å²) in [6, 6.07) is 8.00. The smallest absolute Gasteiger partial charge is 0.408 e. The van der Waals surface area contributed by atoms with Crippen molar-refractivity contribution in [3.63, 3.8) is 0 Å². The lowest BCUT2D eigenvalue weighted by Crippen LogP contribution is -2.24. The lowest BCUT2D eigenvalue weighted by molar-refractivity contribution is 0.133. The number of nitrogens with one attached hydrogen (secondary N) is 1. The first-order chi connectivity index (χ1) is 8.68. The van der Waals surface area contributed by atoms with E-state index >= 15 is 0 Å². The highest BCUT2D eigenvalue weighted by atomic mass is 16.6. The minimum absolute atomic E-state index is 0.0450. The van der Waals surface area contributed by atoms with Crippen LogP contribution in [0, 0.1) is 6.92 Å². The molecule has 0 aromatic heterocycles. The van der Waals surface area contributed by atoms with Gasteiger partial charge in [-0.3, -0.25) is 0 Å². The fourth-order valence-electron chi connectivity index (χ4n) is 1.75. The first-order valence-corrected chi connectivity index (χ1v) is 6.71. The van der Waals surface area contributed by atoms with Crippen molar-refractivity contribution in [3.8, 4) is 0 Å². The number of carbonyl (C=O) groups excluding carboxylic acids is 1. The maximum Gasteiger partial charge on any atom is 0.408 e. The summed E-state index contributed by atoms with van der Waals surface area (Å²) >= 11 is 0. The summed E-state index contributed by atoms with van der Waals surface area (Å²) in [5.41, 5.74) is 2.24. The molecule has 1 heterocycles. The minimum atomic E-state index is -0.328. The van der Waals surface area contributed by atoms with E-state index in [-0.39, 0.29) is 18.2 Å². The molecule has 1 saturated heterocycles. The number of carbonyl (C=O) groups is 1. The van der Waals surface area contributed by atoms with E-state index in [9.17, 15) is 4.79 Å². The number of ether oxygens (including phenoxy) is 1. The van der Waals surface area contributed by atoms with Crippen molar-refractivity contribution in [2.24, 2.45) is 0 Å². The Morgan fingerprint density at radius 1 is 1.11 bits per heavy atom. The van der Waals surface area contributed by atoms with Crippen LogP contribution < -0.4 is 5.32 Å². The highest BCUT2D eigenvalue weighted by Gasteiger charge is 2.32. The predicted molar refractivity (Wildman–Crippen MR) is 75.7 cm³/mol. The van der Waals surface area contributed by atoms with Crippen molar-refractivity contribution >= 4 is 6.09 Å². The highest BCUT2D eigenvalue weighted by Crippen LogP contribution is 2.28. The standard InChI is InChI=1S/C11H13NO2.2C2H6/c1-7-5-3-4-6-9(7)10-8(2)12-11(13)14-10;2*1-2/h3-6,8,10H,1-2H3,(H,12,13);2*1-2H3. The second-order valence-corrected chi connectivity index (χ2v) is 3.62. The minimum Gasteiger partial charge on any atom is -0.439 e. The van der Waals surface area contributed by atoms with Gasteiger partial charge >= 0.3 is 6.09 Å². The van der Waals surface area contributed by atoms with Crippen LogP contribution in [-0.2, 0) is 4.74 Å². The largest absolute Gasteiger partial charge is 0.439 e. The summed E-state index contributed by atoms with van der Waals surface area (Å²) in [4.78, 5) is 11.0. The zero-order valence-electron chi connectivity index (χ0n) is 12.3. The van der Waals surface area contributed by atoms with Crippen molar-refractivity contribution in [3.05, 3.63) is 35.4 Å². The number of aryl methyl sites for hydroxylation is 1. The van der Waals surface area contributed by atoms with Crippen LogP contribution in [0.5, 0.6) is 0 Å². The van der Waals surface area contributed by atoms with E-state index in [1.165, 1.54) is 0 Å². The number of hydrogen-bond acceptors (Lipinski definition) is 2. The van der Waals surface area contributed by atoms with Gasteiger partial charge in [-0.1, -0.05) is 52.0 Å². The second kappa shape index (κ2) is 8.56. The molecule has 2 atom stereocenters. The molecule has 1 fully saturated rings. The maximum atomic E-state index is 11.0. The molecule has 0 radical (unpaired) electrons. The molecule has 2 rings (SSSR count). The van der Waals surface area contributed by atoms with Crippen molar-refractivity contribution in [1.82, 2.24) is 5.32 Å². The Morgan fingerprint density at radius 3 is 2.11 bits per heavy atom. The summed E-state index contributed by atoms with van der Waals surface area (Å²) in [6.07, 6.45) is -0.477. The Kier molecular flexibility index (Phi) is 7.84. The lowest BCUT2D eigenvalue weighted by atomic mass is 9.99. The topological polar surface area (TPSA) is 38.3 Å². The van der Waals surface area contributed by atoms with E-state index in [0.29, 0.717) is 0 Å². The number of rotatable bonds is 1. The first kappa shape index (κ1) is 16.5. The monoisotopic (exact) mass is 251 g/mol. The Labute approximate surface area is 111 Å². The van der Waals surface area contributed by atoms with Crippen LogP contribution in [0.1, 0.15) is 51.8 Å². The molecule has 102 valence electrons. The van der Waals surface area contributed by atoms with E-state index in [0.717, 1.165) is 11.1 Å². The average molecular weight is 251 g/mol. The Morgan fingerprint density at radius 2 is 1.67 bits per heavy atom. The average Bonchev–Trinajstić information content (AvgIpc) is 2.74. The molecule has 3 heteroatoms. The van der Waals surface area contributed by atoms with E-state index in [1.807, 2.05) is 65.8 Å². The van der Waals surface area contributed by atoms with Gasteiger partial charge < -0.3 is 10.1 Å². The second-order valence-electron chi connectivity index (χ2n) is 3.62. The van der Waals surface area contributed by atoms with Gasteiger partial charge in [0.1, 0.15) is 6.10 Å². The lowest BCUT2D eigenvalue weighted by Gasteiger charge is -2.15. The summed E-state index contributed by atoms with van der Waals surface area (Å²) in [7, 11) is 0. The van der Waals surface area contributed by atoms with Crippen molar-refractivity contribution in [2.75, 3.05) is 0 Å². The number of amides is 1. The first-order valence-electron chi connectivity index (χ1n) is 6.71. The Bertz CT molecular complexity index is 363. The SMILES string of the molecule is CC.CC.Cc1ccccc1C1OC(=O)NC1C. The molecule has 1 amide bonds. The van der Waals surface area contributed by atoms with Crippen LogP contribution in [0.25, 0.3) is 0 Å². The molecule has 2 unspecified atom stereocenters. The Hall–Kier alpha value is -1.51. The zero-order valence-corrected chi connectivity index (χ0v) is 12.3. The molecule has 1 N–H and O–H groups in total. The predicted octanol–water partition coefficient (Wildman–Crippen LogP) is 4.22. The molecule has 3 nitrogen and oxygen atoms in total. The van der Waals surface area contributed by atoms with Crippen LogP contribution >= 0.6 is 0 Å². The van der Waals surface area contributed by atoms with Gasteiger partial charge in [0.2, 0.25) is 0 Å². The number of hydrogen-bond donors (Lipinski definition) is 1. The van der Waals surface area contributed by atoms with Crippen LogP contribution in [0.15, 0.2) is 24.3 Å². The van der Waals surface area contributed by atoms with Gasteiger partial charge in [0.25, 0.3) is 0 Å². The number of cyclic esters (lactones) is 1. The molecule has 0 spiro atoms. The van der Waals surface area contributed by atoms with E-state index < -0.39 is 0 Å². The van der Waals surface area contributed by atoms with Crippen LogP contribution in [0.3, 0.4) is 0 Å². The van der Waals surface area contributed by atoms with Crippen molar-refractivity contribution < 1.29 is 9.53 Å². The van der Waals surface area contributed by atoms with Crippen molar-refractivity contribution in [2.45, 2.75) is 53.7 Å². The van der Waals surface area contributed by atoms with Gasteiger partial charge in [0.15, 0.2) is 0 Å². The molecule has 0 bridgehead atoms.